The second kappa shape index (κ2) is 17.1. The molecular weight excluding hydrogens is 860 g/mol. The van der Waals surface area contributed by atoms with Crippen molar-refractivity contribution in [3.63, 3.8) is 0 Å². The van der Waals surface area contributed by atoms with Crippen molar-refractivity contribution in [2.75, 3.05) is 63.2 Å². The number of likely N-dealkylation sites (tertiary alicyclic amines) is 1. The fraction of sp³-hybridized carbons (Fsp3) is 0.444. The topological polar surface area (TPSA) is 218 Å². The van der Waals surface area contributed by atoms with Gasteiger partial charge in [0.05, 0.1) is 29.4 Å². The van der Waals surface area contributed by atoms with E-state index in [0.29, 0.717) is 115 Å². The lowest BCUT2D eigenvalue weighted by Gasteiger charge is -2.38. The van der Waals surface area contributed by atoms with Crippen LogP contribution in [0.4, 0.5) is 17.5 Å². The number of hydrogen-bond donors (Lipinski definition) is 3. The molecular formula is C45H47ClN10O9. The molecule has 6 aliphatic heterocycles. The number of ether oxygens (including phenoxy) is 2. The first-order chi connectivity index (χ1) is 31.4. The number of piperidine rings is 3. The summed E-state index contributed by atoms with van der Waals surface area (Å²) in [4.78, 5) is 106. The highest BCUT2D eigenvalue weighted by molar-refractivity contribution is 6.33. The summed E-state index contributed by atoms with van der Waals surface area (Å²) in [5, 5.41) is 8.99. The molecule has 0 bridgehead atoms. The molecule has 3 N–H and O–H groups in total. The second-order valence-corrected chi connectivity index (χ2v) is 17.9. The molecule has 3 saturated heterocycles. The molecule has 1 atom stereocenters. The fourth-order valence-electron chi connectivity index (χ4n) is 10.0. The van der Waals surface area contributed by atoms with E-state index >= 15 is 0 Å². The predicted octanol–water partition coefficient (Wildman–Crippen LogP) is 2.58. The van der Waals surface area contributed by atoms with Crippen molar-refractivity contribution < 1.29 is 38.2 Å². The molecule has 2 aromatic heterocycles. The van der Waals surface area contributed by atoms with Gasteiger partial charge in [-0.25, -0.2) is 4.98 Å². The van der Waals surface area contributed by atoms with Gasteiger partial charge >= 0.3 is 0 Å². The van der Waals surface area contributed by atoms with E-state index in [4.69, 9.17) is 26.1 Å². The molecule has 20 heteroatoms. The number of amides is 6. The van der Waals surface area contributed by atoms with Crippen LogP contribution in [0.3, 0.4) is 0 Å². The van der Waals surface area contributed by atoms with Gasteiger partial charge < -0.3 is 29.9 Å². The molecule has 10 rings (SSSR count). The monoisotopic (exact) mass is 906 g/mol. The highest BCUT2D eigenvalue weighted by atomic mass is 35.5. The van der Waals surface area contributed by atoms with Crippen LogP contribution in [-0.4, -0.2) is 124 Å². The zero-order valence-electron chi connectivity index (χ0n) is 35.7. The third-order valence-electron chi connectivity index (χ3n) is 13.4. The molecule has 4 aromatic rings. The van der Waals surface area contributed by atoms with Crippen LogP contribution in [0.5, 0.6) is 11.5 Å². The van der Waals surface area contributed by atoms with Crippen molar-refractivity contribution in [2.45, 2.75) is 64.2 Å². The highest BCUT2D eigenvalue weighted by Gasteiger charge is 2.45. The van der Waals surface area contributed by atoms with E-state index in [9.17, 15) is 33.6 Å². The van der Waals surface area contributed by atoms with E-state index in [2.05, 4.69) is 30.7 Å². The van der Waals surface area contributed by atoms with Crippen LogP contribution in [0.15, 0.2) is 41.3 Å². The zero-order chi connectivity index (χ0) is 45.1. The van der Waals surface area contributed by atoms with E-state index in [1.807, 2.05) is 11.0 Å². The number of anilines is 3. The molecule has 2 aromatic carbocycles. The Morgan fingerprint density at radius 3 is 2.32 bits per heavy atom. The standard InChI is InChI=1S/C45H47ClN10O9/c1-47-37(58)23-65-35-17-26-14-29(18-34-38(26)55(44(35)63)12-13-64-34)49-39-32(46)19-48-45(51-39)54-10-6-25(7-11-54)41(60)53-8-4-24(5-9-53)20-52-21-27-15-30-31(16-28(27)22-52)43(62)56(42(30)61)33-2-3-36(57)50-40(33)59/h14-19,24-25,33H,2-13,20-23H2,1H3,(H,47,58)(H,48,49,51)(H,50,57,59). The Bertz CT molecular complexity index is 2700. The van der Waals surface area contributed by atoms with E-state index in [-0.39, 0.29) is 55.1 Å². The van der Waals surface area contributed by atoms with Gasteiger partial charge in [0, 0.05) is 82.3 Å². The first-order valence-corrected chi connectivity index (χ1v) is 22.4. The van der Waals surface area contributed by atoms with Crippen LogP contribution in [-0.2, 0) is 38.8 Å². The van der Waals surface area contributed by atoms with Gasteiger partial charge in [0.15, 0.2) is 18.2 Å². The molecule has 65 heavy (non-hydrogen) atoms. The number of halogens is 1. The number of likely N-dealkylation sites (N-methyl/N-ethyl adjacent to an activating group) is 1. The third kappa shape index (κ3) is 8.00. The number of pyridine rings is 1. The van der Waals surface area contributed by atoms with Crippen molar-refractivity contribution in [1.82, 2.24) is 39.9 Å². The summed E-state index contributed by atoms with van der Waals surface area (Å²) in [7, 11) is 1.50. The maximum absolute atomic E-state index is 13.8. The first kappa shape index (κ1) is 42.4. The van der Waals surface area contributed by atoms with E-state index in [1.165, 1.54) is 7.05 Å². The molecule has 0 saturated carbocycles. The Labute approximate surface area is 377 Å². The van der Waals surface area contributed by atoms with Crippen molar-refractivity contribution in [1.29, 1.82) is 0 Å². The summed E-state index contributed by atoms with van der Waals surface area (Å²) in [6.07, 6.45) is 4.85. The van der Waals surface area contributed by atoms with Gasteiger partial charge in [-0.15, -0.1) is 0 Å². The van der Waals surface area contributed by atoms with Crippen LogP contribution in [0.2, 0.25) is 5.02 Å². The number of imide groups is 2. The fourth-order valence-corrected chi connectivity index (χ4v) is 10.2. The largest absolute Gasteiger partial charge is 0.489 e. The van der Waals surface area contributed by atoms with Gasteiger partial charge in [-0.1, -0.05) is 11.6 Å². The number of carbonyl (C=O) groups is 6. The number of fused-ring (bicyclic) bond motifs is 2. The molecule has 6 aliphatic rings. The molecule has 8 heterocycles. The number of benzene rings is 2. The summed E-state index contributed by atoms with van der Waals surface area (Å²) in [6, 6.07) is 7.82. The number of nitrogens with zero attached hydrogens (tertiary/aromatic N) is 7. The van der Waals surface area contributed by atoms with Crippen LogP contribution in [0, 0.1) is 11.8 Å². The molecule has 1 unspecified atom stereocenters. The normalized spacial score (nSPS) is 20.2. The van der Waals surface area contributed by atoms with E-state index < -0.39 is 29.7 Å². The van der Waals surface area contributed by atoms with Crippen molar-refractivity contribution in [3.8, 4) is 11.5 Å². The molecule has 3 fully saturated rings. The van der Waals surface area contributed by atoms with E-state index in [1.54, 1.807) is 35.0 Å². The molecule has 0 spiro atoms. The lowest BCUT2D eigenvalue weighted by atomic mass is 9.92. The van der Waals surface area contributed by atoms with Gasteiger partial charge in [0.25, 0.3) is 23.3 Å². The van der Waals surface area contributed by atoms with Gasteiger partial charge in [-0.05, 0) is 73.4 Å². The minimum Gasteiger partial charge on any atom is -0.489 e. The second-order valence-electron chi connectivity index (χ2n) is 17.5. The van der Waals surface area contributed by atoms with Gasteiger partial charge in [-0.3, -0.25) is 53.2 Å². The summed E-state index contributed by atoms with van der Waals surface area (Å²) >= 11 is 6.60. The quantitative estimate of drug-likeness (QED) is 0.195. The number of carbonyl (C=O) groups excluding carboxylic acids is 6. The number of hydrogen-bond acceptors (Lipinski definition) is 14. The number of nitrogens with one attached hydrogen (secondary N) is 3. The minimum absolute atomic E-state index is 0.0553. The summed E-state index contributed by atoms with van der Waals surface area (Å²) < 4.78 is 13.1. The maximum atomic E-state index is 13.8. The van der Waals surface area contributed by atoms with Gasteiger partial charge in [0.2, 0.25) is 23.7 Å². The third-order valence-corrected chi connectivity index (χ3v) is 13.7. The average Bonchev–Trinajstić information content (AvgIpc) is 3.81. The van der Waals surface area contributed by atoms with Crippen LogP contribution < -0.4 is 35.9 Å². The van der Waals surface area contributed by atoms with Crippen LogP contribution in [0.1, 0.15) is 70.4 Å². The van der Waals surface area contributed by atoms with Crippen molar-refractivity contribution in [3.05, 3.63) is 74.2 Å². The predicted molar refractivity (Wildman–Crippen MR) is 235 cm³/mol. The number of aromatic nitrogens is 3. The van der Waals surface area contributed by atoms with E-state index in [0.717, 1.165) is 35.4 Å². The molecule has 6 amide bonds. The summed E-state index contributed by atoms with van der Waals surface area (Å²) in [5.41, 5.74) is 3.49. The Hall–Kier alpha value is -6.60. The summed E-state index contributed by atoms with van der Waals surface area (Å²) in [6.45, 7) is 5.06. The minimum atomic E-state index is -0.988. The van der Waals surface area contributed by atoms with Crippen LogP contribution >= 0.6 is 11.6 Å². The zero-order valence-corrected chi connectivity index (χ0v) is 36.4. The molecule has 0 radical (unpaired) electrons. The Balaban J connectivity index is 0.717. The lowest BCUT2D eigenvalue weighted by molar-refractivity contribution is -0.138. The average molecular weight is 907 g/mol. The molecule has 0 aliphatic carbocycles. The Kier molecular flexibility index (Phi) is 11.1. The van der Waals surface area contributed by atoms with Gasteiger partial charge in [-0.2, -0.15) is 4.98 Å². The van der Waals surface area contributed by atoms with Crippen molar-refractivity contribution >= 4 is 75.4 Å². The van der Waals surface area contributed by atoms with Crippen molar-refractivity contribution in [2.24, 2.45) is 11.8 Å². The SMILES string of the molecule is CNC(=O)COc1cc2cc(Nc3nc(N4CCC(C(=O)N5CCC(CN6Cc7cc8c(cc7C6)C(=O)N(C6CCC(=O)NC6=O)C8=O)CC5)CC4)ncc3Cl)cc3c2n(c1=O)CCO3. The Morgan fingerprint density at radius 2 is 1.63 bits per heavy atom. The lowest BCUT2D eigenvalue weighted by Crippen LogP contribution is -2.54. The molecule has 19 nitrogen and oxygen atoms in total. The highest BCUT2D eigenvalue weighted by Crippen LogP contribution is 2.37. The Morgan fingerprint density at radius 1 is 0.908 bits per heavy atom. The van der Waals surface area contributed by atoms with Gasteiger partial charge in [0.1, 0.15) is 23.4 Å². The number of rotatable bonds is 10. The molecule has 338 valence electrons. The maximum Gasteiger partial charge on any atom is 0.293 e. The first-order valence-electron chi connectivity index (χ1n) is 22.0. The smallest absolute Gasteiger partial charge is 0.293 e. The van der Waals surface area contributed by atoms with Crippen LogP contribution in [0.25, 0.3) is 10.9 Å². The summed E-state index contributed by atoms with van der Waals surface area (Å²) in [5.74, 6) is -0.451.